The van der Waals surface area contributed by atoms with E-state index in [2.05, 4.69) is 59.8 Å². The maximum Gasteiger partial charge on any atom is -0.00445 e. The number of allylic oxidation sites excluding steroid dienone is 4. The lowest BCUT2D eigenvalue weighted by Gasteiger charge is -2.17. The SMILES string of the molecule is CC(C)(C)CCCCCCCCCC1=CC(CCCCCCCCCC(C)(C)C)C=C1. The molecule has 0 aliphatic heterocycles. The summed E-state index contributed by atoms with van der Waals surface area (Å²) in [4.78, 5) is 0. The normalized spacial score (nSPS) is 16.8. The second-order valence-corrected chi connectivity index (χ2v) is 12.9. The number of hydrogen-bond donors (Lipinski definition) is 0. The molecule has 0 amide bonds. The van der Waals surface area contributed by atoms with Gasteiger partial charge < -0.3 is 0 Å². The molecule has 1 atom stereocenters. The Hall–Kier alpha value is -0.520. The molecule has 0 fully saturated rings. The van der Waals surface area contributed by atoms with Crippen LogP contribution in [0, 0.1) is 16.7 Å². The van der Waals surface area contributed by atoms with Crippen LogP contribution in [0.4, 0.5) is 0 Å². The molecule has 31 heavy (non-hydrogen) atoms. The molecule has 0 saturated heterocycles. The molecule has 182 valence electrons. The maximum atomic E-state index is 2.57. The molecule has 0 aromatic heterocycles. The molecule has 0 radical (unpaired) electrons. The topological polar surface area (TPSA) is 0 Å². The van der Waals surface area contributed by atoms with E-state index in [-0.39, 0.29) is 0 Å². The van der Waals surface area contributed by atoms with Gasteiger partial charge in [-0.3, -0.25) is 0 Å². The Kier molecular flexibility index (Phi) is 14.9. The first-order valence-electron chi connectivity index (χ1n) is 14.0. The van der Waals surface area contributed by atoms with Crippen LogP contribution >= 0.6 is 0 Å². The smallest absolute Gasteiger partial charge is 0.00445 e. The maximum absolute atomic E-state index is 2.57. The zero-order chi connectivity index (χ0) is 23.0. The molecular weight excluding hydrogens is 372 g/mol. The first-order chi connectivity index (χ1) is 14.7. The molecule has 0 nitrogen and oxygen atoms in total. The lowest BCUT2D eigenvalue weighted by Crippen LogP contribution is -2.03. The Morgan fingerprint density at radius 3 is 1.45 bits per heavy atom. The van der Waals surface area contributed by atoms with Gasteiger partial charge in [-0.05, 0) is 48.9 Å². The number of hydrogen-bond acceptors (Lipinski definition) is 0. The van der Waals surface area contributed by atoms with E-state index < -0.39 is 0 Å². The molecule has 1 aliphatic rings. The van der Waals surface area contributed by atoms with Crippen molar-refractivity contribution in [3.05, 3.63) is 23.8 Å². The predicted octanol–water partition coefficient (Wildman–Crippen LogP) is 11.2. The first kappa shape index (κ1) is 28.5. The standard InChI is InChI=1S/C31H58/c1-30(2,3)25-19-15-11-7-9-13-17-21-28-23-24-29(27-28)22-18-14-10-8-12-16-20-26-31(4,5)6/h23-24,27-28H,7-22,25-26H2,1-6H3. The fourth-order valence-electron chi connectivity index (χ4n) is 4.77. The molecule has 1 unspecified atom stereocenters. The molecule has 0 aromatic carbocycles. The molecular formula is C31H58. The van der Waals surface area contributed by atoms with Gasteiger partial charge in [-0.2, -0.15) is 0 Å². The summed E-state index contributed by atoms with van der Waals surface area (Å²) >= 11 is 0. The van der Waals surface area contributed by atoms with Crippen LogP contribution in [-0.4, -0.2) is 0 Å². The monoisotopic (exact) mass is 430 g/mol. The van der Waals surface area contributed by atoms with E-state index in [0.29, 0.717) is 10.8 Å². The Balaban J connectivity index is 1.89. The number of unbranched alkanes of at least 4 members (excludes halogenated alkanes) is 12. The summed E-state index contributed by atoms with van der Waals surface area (Å²) in [5.41, 5.74) is 2.66. The van der Waals surface area contributed by atoms with Crippen molar-refractivity contribution in [2.75, 3.05) is 0 Å². The van der Waals surface area contributed by atoms with Crippen LogP contribution in [0.2, 0.25) is 0 Å². The average molecular weight is 431 g/mol. The minimum absolute atomic E-state index is 0.520. The van der Waals surface area contributed by atoms with Gasteiger partial charge in [-0.15, -0.1) is 0 Å². The van der Waals surface area contributed by atoms with E-state index in [9.17, 15) is 0 Å². The third-order valence-electron chi connectivity index (χ3n) is 6.84. The van der Waals surface area contributed by atoms with Crippen LogP contribution < -0.4 is 0 Å². The number of rotatable bonds is 18. The summed E-state index contributed by atoms with van der Waals surface area (Å²) < 4.78 is 0. The van der Waals surface area contributed by atoms with Crippen molar-refractivity contribution in [1.82, 2.24) is 0 Å². The Morgan fingerprint density at radius 2 is 0.968 bits per heavy atom. The fraction of sp³-hybridized carbons (Fsp3) is 0.871. The van der Waals surface area contributed by atoms with Gasteiger partial charge in [0.25, 0.3) is 0 Å². The quantitative estimate of drug-likeness (QED) is 0.190. The van der Waals surface area contributed by atoms with E-state index in [1.54, 1.807) is 5.57 Å². The van der Waals surface area contributed by atoms with Crippen LogP contribution in [0.15, 0.2) is 23.8 Å². The van der Waals surface area contributed by atoms with Gasteiger partial charge in [-0.25, -0.2) is 0 Å². The van der Waals surface area contributed by atoms with Gasteiger partial charge in [0, 0.05) is 0 Å². The van der Waals surface area contributed by atoms with Crippen molar-refractivity contribution in [1.29, 1.82) is 0 Å². The van der Waals surface area contributed by atoms with Crippen molar-refractivity contribution < 1.29 is 0 Å². The molecule has 1 rings (SSSR count). The van der Waals surface area contributed by atoms with Crippen molar-refractivity contribution in [3.8, 4) is 0 Å². The van der Waals surface area contributed by atoms with Crippen molar-refractivity contribution in [3.63, 3.8) is 0 Å². The first-order valence-corrected chi connectivity index (χ1v) is 14.0. The molecule has 1 aliphatic carbocycles. The Labute approximate surface area is 197 Å². The fourth-order valence-corrected chi connectivity index (χ4v) is 4.77. The second-order valence-electron chi connectivity index (χ2n) is 12.9. The highest BCUT2D eigenvalue weighted by Crippen LogP contribution is 2.26. The summed E-state index contributed by atoms with van der Waals surface area (Å²) in [5.74, 6) is 0.740. The van der Waals surface area contributed by atoms with Gasteiger partial charge in [0.2, 0.25) is 0 Å². The summed E-state index contributed by atoms with van der Waals surface area (Å²) in [6.07, 6.45) is 32.9. The highest BCUT2D eigenvalue weighted by atomic mass is 14.2. The lowest BCUT2D eigenvalue weighted by molar-refractivity contribution is 0.356. The van der Waals surface area contributed by atoms with Crippen LogP contribution in [0.5, 0.6) is 0 Å². The molecule has 0 saturated carbocycles. The van der Waals surface area contributed by atoms with Gasteiger partial charge in [0.15, 0.2) is 0 Å². The molecule has 0 heteroatoms. The van der Waals surface area contributed by atoms with E-state index in [1.165, 1.54) is 116 Å². The Bertz CT molecular complexity index is 479. The van der Waals surface area contributed by atoms with Crippen molar-refractivity contribution >= 4 is 0 Å². The predicted molar refractivity (Wildman–Crippen MR) is 143 cm³/mol. The highest BCUT2D eigenvalue weighted by Gasteiger charge is 2.10. The zero-order valence-corrected chi connectivity index (χ0v) is 22.5. The van der Waals surface area contributed by atoms with Gasteiger partial charge in [-0.1, -0.05) is 149 Å². The van der Waals surface area contributed by atoms with Gasteiger partial charge >= 0.3 is 0 Å². The van der Waals surface area contributed by atoms with Crippen molar-refractivity contribution in [2.45, 2.75) is 157 Å². The van der Waals surface area contributed by atoms with E-state index in [4.69, 9.17) is 0 Å². The minimum atomic E-state index is 0.520. The van der Waals surface area contributed by atoms with Crippen molar-refractivity contribution in [2.24, 2.45) is 16.7 Å². The molecule has 0 spiro atoms. The lowest BCUT2D eigenvalue weighted by atomic mass is 9.89. The van der Waals surface area contributed by atoms with Crippen LogP contribution in [0.3, 0.4) is 0 Å². The van der Waals surface area contributed by atoms with Gasteiger partial charge in [0.1, 0.15) is 0 Å². The Morgan fingerprint density at radius 1 is 0.548 bits per heavy atom. The molecule has 0 N–H and O–H groups in total. The minimum Gasteiger partial charge on any atom is -0.0773 e. The van der Waals surface area contributed by atoms with Crippen LogP contribution in [0.25, 0.3) is 0 Å². The highest BCUT2D eigenvalue weighted by molar-refractivity contribution is 5.28. The van der Waals surface area contributed by atoms with E-state index in [1.807, 2.05) is 0 Å². The summed E-state index contributed by atoms with van der Waals surface area (Å²) in [5, 5.41) is 0. The van der Waals surface area contributed by atoms with E-state index in [0.717, 1.165) is 5.92 Å². The van der Waals surface area contributed by atoms with E-state index >= 15 is 0 Å². The van der Waals surface area contributed by atoms with Crippen LogP contribution in [0.1, 0.15) is 157 Å². The summed E-state index contributed by atoms with van der Waals surface area (Å²) in [6.45, 7) is 14.2. The largest absolute Gasteiger partial charge is 0.0773 e. The molecule has 0 heterocycles. The zero-order valence-electron chi connectivity index (χ0n) is 22.5. The average Bonchev–Trinajstić information content (AvgIpc) is 3.11. The molecule has 0 aromatic rings. The molecule has 0 bridgehead atoms. The van der Waals surface area contributed by atoms with Gasteiger partial charge in [0.05, 0.1) is 0 Å². The third-order valence-corrected chi connectivity index (χ3v) is 6.84. The third kappa shape index (κ3) is 18.7. The summed E-state index contributed by atoms with van der Waals surface area (Å²) in [7, 11) is 0. The summed E-state index contributed by atoms with van der Waals surface area (Å²) in [6, 6.07) is 0. The van der Waals surface area contributed by atoms with Crippen LogP contribution in [-0.2, 0) is 0 Å². The second kappa shape index (κ2) is 16.1.